The highest BCUT2D eigenvalue weighted by Gasteiger charge is 2.52. The van der Waals surface area contributed by atoms with E-state index in [2.05, 4.69) is 15.3 Å². The van der Waals surface area contributed by atoms with E-state index < -0.39 is 24.4 Å². The summed E-state index contributed by atoms with van der Waals surface area (Å²) in [6, 6.07) is 3.28. The quantitative estimate of drug-likeness (QED) is 0.805. The summed E-state index contributed by atoms with van der Waals surface area (Å²) >= 11 is 0. The Morgan fingerprint density at radius 1 is 1.15 bits per heavy atom. The summed E-state index contributed by atoms with van der Waals surface area (Å²) in [7, 11) is -0.581. The van der Waals surface area contributed by atoms with E-state index in [0.29, 0.717) is 17.7 Å². The Bertz CT molecular complexity index is 930. The molecular weight excluding hydrogens is 347 g/mol. The molecule has 2 aromatic rings. The first-order chi connectivity index (χ1) is 12.7. The highest BCUT2D eigenvalue weighted by atomic mass is 16.7. The zero-order valence-electron chi connectivity index (χ0n) is 15.8. The van der Waals surface area contributed by atoms with E-state index in [4.69, 9.17) is 9.31 Å². The van der Waals surface area contributed by atoms with Gasteiger partial charge in [0.2, 0.25) is 5.91 Å². The van der Waals surface area contributed by atoms with Crippen LogP contribution in [0.25, 0.3) is 10.9 Å². The molecule has 2 aliphatic rings. The molecule has 0 aliphatic carbocycles. The number of carbonyl (C=O) groups is 2. The summed E-state index contributed by atoms with van der Waals surface area (Å²) in [6.45, 7) is 8.24. The van der Waals surface area contributed by atoms with Gasteiger partial charge in [-0.15, -0.1) is 0 Å². The number of hydrogen-bond donors (Lipinski definition) is 1. The van der Waals surface area contributed by atoms with Gasteiger partial charge in [-0.3, -0.25) is 15.0 Å². The smallest absolute Gasteiger partial charge is 0.399 e. The molecule has 27 heavy (non-hydrogen) atoms. The van der Waals surface area contributed by atoms with Gasteiger partial charge in [0, 0.05) is 24.5 Å². The van der Waals surface area contributed by atoms with Crippen LogP contribution in [-0.2, 0) is 14.1 Å². The molecule has 4 rings (SSSR count). The SMILES string of the molecule is CC1(C)OB(c2cc(N3CCC(=O)NC3=O)c3cncnc3c2)OC1(C)C. The van der Waals surface area contributed by atoms with Crippen LogP contribution in [0.1, 0.15) is 34.1 Å². The minimum absolute atomic E-state index is 0.238. The van der Waals surface area contributed by atoms with Crippen molar-refractivity contribution in [2.45, 2.75) is 45.3 Å². The number of hydrogen-bond acceptors (Lipinski definition) is 6. The fraction of sp³-hybridized carbons (Fsp3) is 0.444. The van der Waals surface area contributed by atoms with Crippen LogP contribution in [0.2, 0.25) is 0 Å². The molecule has 1 aromatic carbocycles. The molecule has 1 N–H and O–H groups in total. The maximum Gasteiger partial charge on any atom is 0.494 e. The lowest BCUT2D eigenvalue weighted by molar-refractivity contribution is -0.120. The molecule has 9 heteroatoms. The molecule has 0 bridgehead atoms. The van der Waals surface area contributed by atoms with Crippen LogP contribution < -0.4 is 15.7 Å². The minimum Gasteiger partial charge on any atom is -0.399 e. The van der Waals surface area contributed by atoms with Crippen LogP contribution in [0.5, 0.6) is 0 Å². The minimum atomic E-state index is -0.581. The Morgan fingerprint density at radius 3 is 2.52 bits per heavy atom. The van der Waals surface area contributed by atoms with E-state index in [0.717, 1.165) is 10.8 Å². The van der Waals surface area contributed by atoms with Gasteiger partial charge in [-0.2, -0.15) is 0 Å². The van der Waals surface area contributed by atoms with Gasteiger partial charge in [-0.25, -0.2) is 14.8 Å². The van der Waals surface area contributed by atoms with Gasteiger partial charge in [0.15, 0.2) is 0 Å². The highest BCUT2D eigenvalue weighted by Crippen LogP contribution is 2.37. The second kappa shape index (κ2) is 6.00. The molecule has 0 unspecified atom stereocenters. The Hall–Kier alpha value is -2.52. The van der Waals surface area contributed by atoms with Gasteiger partial charge in [0.1, 0.15) is 6.33 Å². The zero-order chi connectivity index (χ0) is 19.4. The molecule has 0 saturated carbocycles. The number of imide groups is 1. The van der Waals surface area contributed by atoms with E-state index in [1.807, 2.05) is 39.8 Å². The summed E-state index contributed by atoms with van der Waals surface area (Å²) in [5.74, 6) is -0.279. The third-order valence-electron chi connectivity index (χ3n) is 5.50. The first-order valence-electron chi connectivity index (χ1n) is 8.89. The molecule has 3 amide bonds. The molecule has 140 valence electrons. The number of nitrogens with zero attached hydrogens (tertiary/aromatic N) is 3. The van der Waals surface area contributed by atoms with Crippen molar-refractivity contribution in [1.29, 1.82) is 0 Å². The number of amides is 3. The van der Waals surface area contributed by atoms with Gasteiger partial charge in [-0.1, -0.05) is 0 Å². The molecule has 2 saturated heterocycles. The standard InChI is InChI=1S/C18H21BN4O4/c1-17(2)18(3,4)27-19(26-17)11-7-13-12(9-20-10-21-13)14(8-11)23-6-5-15(24)22-16(23)25/h7-10H,5-6H2,1-4H3,(H,22,24,25). The van der Waals surface area contributed by atoms with Crippen molar-refractivity contribution in [3.05, 3.63) is 24.7 Å². The summed E-state index contributed by atoms with van der Waals surface area (Å²) in [5, 5.41) is 3.08. The zero-order valence-corrected chi connectivity index (χ0v) is 15.8. The lowest BCUT2D eigenvalue weighted by Crippen LogP contribution is -2.50. The van der Waals surface area contributed by atoms with Crippen molar-refractivity contribution in [3.8, 4) is 0 Å². The number of rotatable bonds is 2. The van der Waals surface area contributed by atoms with Crippen molar-refractivity contribution < 1.29 is 18.9 Å². The van der Waals surface area contributed by atoms with E-state index in [9.17, 15) is 9.59 Å². The first kappa shape index (κ1) is 17.9. The number of urea groups is 1. The van der Waals surface area contributed by atoms with Crippen LogP contribution in [0, 0.1) is 0 Å². The van der Waals surface area contributed by atoms with Gasteiger partial charge in [0.05, 0.1) is 22.4 Å². The van der Waals surface area contributed by atoms with Crippen LogP contribution in [-0.4, -0.2) is 46.8 Å². The third kappa shape index (κ3) is 2.96. The number of fused-ring (bicyclic) bond motifs is 1. The fourth-order valence-corrected chi connectivity index (χ4v) is 3.22. The largest absolute Gasteiger partial charge is 0.494 e. The normalized spacial score (nSPS) is 21.6. The number of nitrogens with one attached hydrogen (secondary N) is 1. The lowest BCUT2D eigenvalue weighted by Gasteiger charge is -2.32. The maximum atomic E-state index is 12.4. The average Bonchev–Trinajstić information content (AvgIpc) is 2.82. The third-order valence-corrected chi connectivity index (χ3v) is 5.50. The second-order valence-corrected chi connectivity index (χ2v) is 7.84. The van der Waals surface area contributed by atoms with E-state index in [1.165, 1.54) is 11.2 Å². The van der Waals surface area contributed by atoms with Crippen molar-refractivity contribution >= 4 is 41.1 Å². The molecule has 2 fully saturated rings. The van der Waals surface area contributed by atoms with Crippen LogP contribution in [0.3, 0.4) is 0 Å². The fourth-order valence-electron chi connectivity index (χ4n) is 3.22. The number of aromatic nitrogens is 2. The predicted molar refractivity (Wildman–Crippen MR) is 101 cm³/mol. The Labute approximate surface area is 157 Å². The molecule has 0 radical (unpaired) electrons. The molecule has 1 aromatic heterocycles. The van der Waals surface area contributed by atoms with Gasteiger partial charge in [0.25, 0.3) is 0 Å². The Kier molecular flexibility index (Phi) is 3.97. The van der Waals surface area contributed by atoms with Crippen LogP contribution >= 0.6 is 0 Å². The number of anilines is 1. The highest BCUT2D eigenvalue weighted by molar-refractivity contribution is 6.62. The predicted octanol–water partition coefficient (Wildman–Crippen LogP) is 1.38. The van der Waals surface area contributed by atoms with Crippen molar-refractivity contribution in [1.82, 2.24) is 15.3 Å². The van der Waals surface area contributed by atoms with Gasteiger partial charge < -0.3 is 9.31 Å². The monoisotopic (exact) mass is 368 g/mol. The topological polar surface area (TPSA) is 93.7 Å². The number of benzene rings is 1. The van der Waals surface area contributed by atoms with Crippen LogP contribution in [0.4, 0.5) is 10.5 Å². The van der Waals surface area contributed by atoms with Crippen molar-refractivity contribution in [2.24, 2.45) is 0 Å². The van der Waals surface area contributed by atoms with Gasteiger partial charge >= 0.3 is 13.1 Å². The Balaban J connectivity index is 1.80. The van der Waals surface area contributed by atoms with Crippen molar-refractivity contribution in [3.63, 3.8) is 0 Å². The van der Waals surface area contributed by atoms with E-state index in [1.54, 1.807) is 6.20 Å². The molecule has 3 heterocycles. The summed E-state index contributed by atoms with van der Waals surface area (Å²) in [5.41, 5.74) is 1.11. The average molecular weight is 368 g/mol. The van der Waals surface area contributed by atoms with E-state index in [-0.39, 0.29) is 12.3 Å². The Morgan fingerprint density at radius 2 is 1.85 bits per heavy atom. The maximum absolute atomic E-state index is 12.4. The van der Waals surface area contributed by atoms with Gasteiger partial charge in [-0.05, 0) is 45.3 Å². The lowest BCUT2D eigenvalue weighted by atomic mass is 9.78. The summed E-state index contributed by atoms with van der Waals surface area (Å²) < 4.78 is 12.3. The second-order valence-electron chi connectivity index (χ2n) is 7.84. The molecular formula is C18H21BN4O4. The van der Waals surface area contributed by atoms with E-state index >= 15 is 0 Å². The molecule has 8 nitrogen and oxygen atoms in total. The summed E-state index contributed by atoms with van der Waals surface area (Å²) in [6.07, 6.45) is 3.36. The first-order valence-corrected chi connectivity index (χ1v) is 8.89. The number of carbonyl (C=O) groups excluding carboxylic acids is 2. The molecule has 0 spiro atoms. The van der Waals surface area contributed by atoms with Crippen LogP contribution in [0.15, 0.2) is 24.7 Å². The molecule has 0 atom stereocenters. The van der Waals surface area contributed by atoms with Crippen molar-refractivity contribution in [2.75, 3.05) is 11.4 Å². The summed E-state index contributed by atoms with van der Waals surface area (Å²) in [4.78, 5) is 33.8. The molecule has 2 aliphatic heterocycles.